The zero-order valence-electron chi connectivity index (χ0n) is 9.27. The number of rotatable bonds is 3. The second kappa shape index (κ2) is 5.47. The molecule has 1 aliphatic heterocycles. The van der Waals surface area contributed by atoms with Gasteiger partial charge in [0.25, 0.3) is 0 Å². The van der Waals surface area contributed by atoms with Crippen LogP contribution in [0.25, 0.3) is 0 Å². The number of hydrazine groups is 1. The maximum Gasteiger partial charge on any atom is 0.147 e. The molecule has 16 heavy (non-hydrogen) atoms. The Hall–Kier alpha value is -0.850. The van der Waals surface area contributed by atoms with Crippen molar-refractivity contribution in [3.05, 3.63) is 11.9 Å². The number of nitrogens with two attached hydrogens (primary N) is 1. The second-order valence-electron chi connectivity index (χ2n) is 3.73. The molecule has 0 radical (unpaired) electrons. The van der Waals surface area contributed by atoms with E-state index in [0.717, 1.165) is 36.6 Å². The third-order valence-electron chi connectivity index (χ3n) is 2.62. The maximum atomic E-state index is 5.38. The zero-order valence-corrected chi connectivity index (χ0v) is 10.1. The van der Waals surface area contributed by atoms with Crippen molar-refractivity contribution in [2.45, 2.75) is 30.0 Å². The highest BCUT2D eigenvalue weighted by molar-refractivity contribution is 7.99. The van der Waals surface area contributed by atoms with Crippen LogP contribution < -0.4 is 11.3 Å². The SMILES string of the molecule is Cc1c(NN)ncnc1SC1CCOCC1. The van der Waals surface area contributed by atoms with Gasteiger partial charge in [0.1, 0.15) is 17.2 Å². The van der Waals surface area contributed by atoms with Gasteiger partial charge in [0, 0.05) is 24.0 Å². The lowest BCUT2D eigenvalue weighted by molar-refractivity contribution is 0.1000. The van der Waals surface area contributed by atoms with Crippen LogP contribution >= 0.6 is 11.8 Å². The molecule has 0 atom stereocenters. The highest BCUT2D eigenvalue weighted by Gasteiger charge is 2.17. The summed E-state index contributed by atoms with van der Waals surface area (Å²) >= 11 is 1.79. The third kappa shape index (κ3) is 2.63. The fourth-order valence-corrected chi connectivity index (χ4v) is 2.78. The van der Waals surface area contributed by atoms with Gasteiger partial charge in [-0.25, -0.2) is 15.8 Å². The summed E-state index contributed by atoms with van der Waals surface area (Å²) < 4.78 is 5.33. The summed E-state index contributed by atoms with van der Waals surface area (Å²) in [6.07, 6.45) is 3.71. The minimum Gasteiger partial charge on any atom is -0.381 e. The van der Waals surface area contributed by atoms with Crippen LogP contribution in [0.5, 0.6) is 0 Å². The Morgan fingerprint density at radius 2 is 2.19 bits per heavy atom. The molecular formula is C10H16N4OS. The van der Waals surface area contributed by atoms with Gasteiger partial charge in [-0.3, -0.25) is 0 Å². The van der Waals surface area contributed by atoms with Crippen molar-refractivity contribution >= 4 is 17.6 Å². The van der Waals surface area contributed by atoms with Crippen molar-refractivity contribution in [1.29, 1.82) is 0 Å². The van der Waals surface area contributed by atoms with Crippen LogP contribution in [0.2, 0.25) is 0 Å². The molecule has 0 aliphatic carbocycles. The summed E-state index contributed by atoms with van der Waals surface area (Å²) in [6.45, 7) is 3.68. The average Bonchev–Trinajstić information content (AvgIpc) is 2.33. The number of hydrogen-bond donors (Lipinski definition) is 2. The first-order valence-corrected chi connectivity index (χ1v) is 6.22. The summed E-state index contributed by atoms with van der Waals surface area (Å²) in [4.78, 5) is 8.36. The first kappa shape index (κ1) is 11.6. The van der Waals surface area contributed by atoms with E-state index < -0.39 is 0 Å². The Balaban J connectivity index is 2.08. The van der Waals surface area contributed by atoms with Crippen molar-refractivity contribution in [2.24, 2.45) is 5.84 Å². The summed E-state index contributed by atoms with van der Waals surface area (Å²) in [5.41, 5.74) is 3.60. The minimum absolute atomic E-state index is 0.591. The van der Waals surface area contributed by atoms with Crippen molar-refractivity contribution < 1.29 is 4.74 Å². The Labute approximate surface area is 99.2 Å². The topological polar surface area (TPSA) is 73.1 Å². The molecule has 2 heterocycles. The molecule has 1 saturated heterocycles. The van der Waals surface area contributed by atoms with E-state index in [9.17, 15) is 0 Å². The van der Waals surface area contributed by atoms with E-state index in [-0.39, 0.29) is 0 Å². The molecule has 0 spiro atoms. The smallest absolute Gasteiger partial charge is 0.147 e. The van der Waals surface area contributed by atoms with Crippen LogP contribution in [-0.2, 0) is 4.74 Å². The molecule has 2 rings (SSSR count). The number of anilines is 1. The third-order valence-corrected chi connectivity index (χ3v) is 4.06. The van der Waals surface area contributed by atoms with Crippen molar-refractivity contribution in [3.8, 4) is 0 Å². The molecule has 0 amide bonds. The maximum absolute atomic E-state index is 5.38. The van der Waals surface area contributed by atoms with Gasteiger partial charge >= 0.3 is 0 Å². The van der Waals surface area contributed by atoms with Crippen LogP contribution in [0.4, 0.5) is 5.82 Å². The quantitative estimate of drug-likeness (QED) is 0.472. The summed E-state index contributed by atoms with van der Waals surface area (Å²) in [5, 5.41) is 1.60. The van der Waals surface area contributed by atoms with Gasteiger partial charge in [0.05, 0.1) is 0 Å². The molecule has 1 aromatic rings. The van der Waals surface area contributed by atoms with Gasteiger partial charge < -0.3 is 10.2 Å². The molecule has 0 bridgehead atoms. The molecule has 0 aromatic carbocycles. The van der Waals surface area contributed by atoms with Crippen LogP contribution in [0.1, 0.15) is 18.4 Å². The molecule has 3 N–H and O–H groups in total. The van der Waals surface area contributed by atoms with Crippen molar-refractivity contribution in [1.82, 2.24) is 9.97 Å². The summed E-state index contributed by atoms with van der Waals surface area (Å²) in [6, 6.07) is 0. The van der Waals surface area contributed by atoms with E-state index in [1.165, 1.54) is 0 Å². The lowest BCUT2D eigenvalue weighted by atomic mass is 10.2. The predicted molar refractivity (Wildman–Crippen MR) is 64.3 cm³/mol. The van der Waals surface area contributed by atoms with Gasteiger partial charge in [-0.15, -0.1) is 11.8 Å². The average molecular weight is 240 g/mol. The summed E-state index contributed by atoms with van der Waals surface area (Å²) in [7, 11) is 0. The number of nitrogens with zero attached hydrogens (tertiary/aromatic N) is 2. The number of nitrogen functional groups attached to an aromatic ring is 1. The van der Waals surface area contributed by atoms with Crippen LogP contribution in [-0.4, -0.2) is 28.4 Å². The van der Waals surface area contributed by atoms with E-state index in [4.69, 9.17) is 10.6 Å². The minimum atomic E-state index is 0.591. The zero-order chi connectivity index (χ0) is 11.4. The fraction of sp³-hybridized carbons (Fsp3) is 0.600. The first-order chi connectivity index (χ1) is 7.81. The molecule has 5 nitrogen and oxygen atoms in total. The number of hydrogen-bond acceptors (Lipinski definition) is 6. The van der Waals surface area contributed by atoms with Crippen molar-refractivity contribution in [3.63, 3.8) is 0 Å². The standard InChI is InChI=1S/C10H16N4OS/c1-7-9(14-11)12-6-13-10(7)16-8-2-4-15-5-3-8/h6,8H,2-5,11H2,1H3,(H,12,13,14). The predicted octanol–water partition coefficient (Wildman–Crippen LogP) is 1.34. The van der Waals surface area contributed by atoms with Gasteiger partial charge in [0.15, 0.2) is 0 Å². The van der Waals surface area contributed by atoms with E-state index in [1.807, 2.05) is 6.92 Å². The molecule has 1 aromatic heterocycles. The second-order valence-corrected chi connectivity index (χ2v) is 5.02. The molecule has 1 fully saturated rings. The normalized spacial score (nSPS) is 17.4. The van der Waals surface area contributed by atoms with E-state index in [1.54, 1.807) is 18.1 Å². The van der Waals surface area contributed by atoms with E-state index in [0.29, 0.717) is 11.1 Å². The van der Waals surface area contributed by atoms with Crippen LogP contribution in [0.15, 0.2) is 11.4 Å². The molecule has 6 heteroatoms. The largest absolute Gasteiger partial charge is 0.381 e. The highest BCUT2D eigenvalue weighted by Crippen LogP contribution is 2.31. The molecule has 0 saturated carbocycles. The van der Waals surface area contributed by atoms with E-state index >= 15 is 0 Å². The molecule has 88 valence electrons. The van der Waals surface area contributed by atoms with Gasteiger partial charge in [0.2, 0.25) is 0 Å². The first-order valence-electron chi connectivity index (χ1n) is 5.34. The van der Waals surface area contributed by atoms with Crippen LogP contribution in [0.3, 0.4) is 0 Å². The number of thioether (sulfide) groups is 1. The molecule has 1 aliphatic rings. The summed E-state index contributed by atoms with van der Waals surface area (Å²) in [5.74, 6) is 6.08. The number of nitrogens with one attached hydrogen (secondary N) is 1. The Morgan fingerprint density at radius 3 is 2.88 bits per heavy atom. The monoisotopic (exact) mass is 240 g/mol. The Morgan fingerprint density at radius 1 is 1.44 bits per heavy atom. The Bertz CT molecular complexity index is 355. The van der Waals surface area contributed by atoms with Gasteiger partial charge in [-0.1, -0.05) is 0 Å². The van der Waals surface area contributed by atoms with Crippen molar-refractivity contribution in [2.75, 3.05) is 18.6 Å². The van der Waals surface area contributed by atoms with Gasteiger partial charge in [-0.05, 0) is 19.8 Å². The lowest BCUT2D eigenvalue weighted by Gasteiger charge is -2.21. The fourth-order valence-electron chi connectivity index (χ4n) is 1.65. The van der Waals surface area contributed by atoms with Gasteiger partial charge in [-0.2, -0.15) is 0 Å². The lowest BCUT2D eigenvalue weighted by Crippen LogP contribution is -2.18. The van der Waals surface area contributed by atoms with Crippen LogP contribution in [0, 0.1) is 6.92 Å². The number of ether oxygens (including phenoxy) is 1. The molecule has 0 unspecified atom stereocenters. The van der Waals surface area contributed by atoms with E-state index in [2.05, 4.69) is 15.4 Å². The Kier molecular flexibility index (Phi) is 3.98. The number of aromatic nitrogens is 2. The molecular weight excluding hydrogens is 224 g/mol. The highest BCUT2D eigenvalue weighted by atomic mass is 32.2.